The molecule has 1 amide bonds. The second-order valence-electron chi connectivity index (χ2n) is 4.42. The Labute approximate surface area is 118 Å². The molecule has 1 atom stereocenters. The maximum Gasteiger partial charge on any atom is 0.292 e. The first-order valence-corrected chi connectivity index (χ1v) is 6.10. The highest BCUT2D eigenvalue weighted by Crippen LogP contribution is 2.29. The van der Waals surface area contributed by atoms with Crippen molar-refractivity contribution in [2.75, 3.05) is 18.4 Å². The van der Waals surface area contributed by atoms with E-state index in [0.29, 0.717) is 5.02 Å². The number of anilines is 1. The van der Waals surface area contributed by atoms with E-state index in [1.807, 2.05) is 0 Å². The van der Waals surface area contributed by atoms with Crippen LogP contribution in [0.1, 0.15) is 0 Å². The van der Waals surface area contributed by atoms with Crippen LogP contribution in [0, 0.1) is 0 Å². The third kappa shape index (κ3) is 3.05. The Morgan fingerprint density at radius 1 is 1.60 bits per heavy atom. The van der Waals surface area contributed by atoms with E-state index < -0.39 is 24.5 Å². The maximum atomic E-state index is 13.2. The molecule has 1 aliphatic rings. The van der Waals surface area contributed by atoms with Crippen molar-refractivity contribution in [3.05, 3.63) is 35.6 Å². The highest BCUT2D eigenvalue weighted by Gasteiger charge is 2.48. The number of aliphatic hydroxyl groups excluding tert-OH is 1. The van der Waals surface area contributed by atoms with Gasteiger partial charge in [0.25, 0.3) is 11.8 Å². The first-order chi connectivity index (χ1) is 9.29. The second-order valence-corrected chi connectivity index (χ2v) is 4.86. The lowest BCUT2D eigenvalue weighted by molar-refractivity contribution is -0.114. The Morgan fingerprint density at radius 2 is 2.30 bits per heavy atom. The van der Waals surface area contributed by atoms with Crippen molar-refractivity contribution in [3.8, 4) is 0 Å². The zero-order valence-electron chi connectivity index (χ0n) is 10.3. The molecule has 0 aromatic carbocycles. The Morgan fingerprint density at radius 3 is 2.80 bits per heavy atom. The average molecular weight is 304 g/mol. The normalized spacial score (nSPS) is 20.8. The Hall–Kier alpha value is -1.73. The molecule has 5 nitrogen and oxygen atoms in total. The van der Waals surface area contributed by atoms with Gasteiger partial charge < -0.3 is 15.3 Å². The number of nitrogens with zero attached hydrogens (tertiary/aromatic N) is 2. The third-order valence-electron chi connectivity index (χ3n) is 2.90. The summed E-state index contributed by atoms with van der Waals surface area (Å²) in [4.78, 5) is 16.7. The molecule has 2 N–H and O–H groups in total. The Balaban J connectivity index is 2.00. The lowest BCUT2D eigenvalue weighted by atomic mass is 10.2. The molecule has 0 saturated carbocycles. The fraction of sp³-hybridized carbons (Fsp3) is 0.333. The van der Waals surface area contributed by atoms with Gasteiger partial charge in [0, 0.05) is 6.20 Å². The van der Waals surface area contributed by atoms with Crippen LogP contribution < -0.4 is 5.32 Å². The first-order valence-electron chi connectivity index (χ1n) is 5.72. The summed E-state index contributed by atoms with van der Waals surface area (Å²) in [5.41, 5.74) is -0.155. The number of alkyl halides is 2. The number of amides is 1. The topological polar surface area (TPSA) is 65.5 Å². The minimum Gasteiger partial charge on any atom is -0.385 e. The largest absolute Gasteiger partial charge is 0.385 e. The van der Waals surface area contributed by atoms with Crippen molar-refractivity contribution >= 4 is 23.3 Å². The molecular weight excluding hydrogens is 292 g/mol. The monoisotopic (exact) mass is 303 g/mol. The zero-order chi connectivity index (χ0) is 14.9. The summed E-state index contributed by atoms with van der Waals surface area (Å²) >= 11 is 5.65. The number of halogens is 3. The predicted molar refractivity (Wildman–Crippen MR) is 69.5 cm³/mol. The molecule has 1 fully saturated rings. The number of hydrogen-bond donors (Lipinski definition) is 2. The number of likely N-dealkylation sites (tertiary alicyclic amines) is 1. The van der Waals surface area contributed by atoms with E-state index in [1.54, 1.807) is 0 Å². The average Bonchev–Trinajstić information content (AvgIpc) is 2.65. The summed E-state index contributed by atoms with van der Waals surface area (Å²) < 4.78 is 26.4. The number of aromatic nitrogens is 1. The van der Waals surface area contributed by atoms with Crippen molar-refractivity contribution in [2.45, 2.75) is 12.0 Å². The maximum absolute atomic E-state index is 13.2. The molecule has 1 saturated heterocycles. The van der Waals surface area contributed by atoms with Gasteiger partial charge in [-0.2, -0.15) is 0 Å². The van der Waals surface area contributed by atoms with Crippen LogP contribution in [-0.4, -0.2) is 46.0 Å². The van der Waals surface area contributed by atoms with E-state index in [-0.39, 0.29) is 18.1 Å². The van der Waals surface area contributed by atoms with E-state index in [9.17, 15) is 18.7 Å². The van der Waals surface area contributed by atoms with Crippen LogP contribution >= 0.6 is 11.6 Å². The highest BCUT2D eigenvalue weighted by atomic mass is 35.5. The minimum absolute atomic E-state index is 0.155. The number of hydrogen-bond acceptors (Lipinski definition) is 4. The van der Waals surface area contributed by atoms with Crippen molar-refractivity contribution in [2.24, 2.45) is 0 Å². The van der Waals surface area contributed by atoms with Crippen molar-refractivity contribution in [1.82, 2.24) is 9.88 Å². The van der Waals surface area contributed by atoms with E-state index in [4.69, 9.17) is 11.6 Å². The molecule has 20 heavy (non-hydrogen) atoms. The first kappa shape index (κ1) is 14.7. The van der Waals surface area contributed by atoms with E-state index in [0.717, 1.165) is 4.90 Å². The number of carbonyl (C=O) groups is 1. The molecular formula is C12H12ClF2N3O2. The summed E-state index contributed by atoms with van der Waals surface area (Å²) in [6.45, 7) is 2.38. The summed E-state index contributed by atoms with van der Waals surface area (Å²) in [6.07, 6.45) is -0.464. The van der Waals surface area contributed by atoms with Crippen LogP contribution in [0.15, 0.2) is 30.6 Å². The molecule has 0 bridgehead atoms. The molecule has 2 rings (SSSR count). The molecule has 8 heteroatoms. The van der Waals surface area contributed by atoms with E-state index in [1.165, 1.54) is 18.3 Å². The van der Waals surface area contributed by atoms with Gasteiger partial charge in [-0.1, -0.05) is 18.2 Å². The van der Waals surface area contributed by atoms with Crippen LogP contribution in [0.4, 0.5) is 14.6 Å². The molecule has 1 aromatic heterocycles. The van der Waals surface area contributed by atoms with Crippen molar-refractivity contribution in [3.63, 3.8) is 0 Å². The predicted octanol–water partition coefficient (Wildman–Crippen LogP) is 1.50. The van der Waals surface area contributed by atoms with Crippen LogP contribution in [0.3, 0.4) is 0 Å². The molecule has 1 aliphatic heterocycles. The van der Waals surface area contributed by atoms with Crippen LogP contribution in [0.25, 0.3) is 0 Å². The fourth-order valence-electron chi connectivity index (χ4n) is 1.75. The van der Waals surface area contributed by atoms with Crippen molar-refractivity contribution in [1.29, 1.82) is 0 Å². The zero-order valence-corrected chi connectivity index (χ0v) is 11.1. The summed E-state index contributed by atoms with van der Waals surface area (Å²) in [5.74, 6) is -3.68. The quantitative estimate of drug-likeness (QED) is 0.831. The Kier molecular flexibility index (Phi) is 3.92. The van der Waals surface area contributed by atoms with Gasteiger partial charge in [0.05, 0.1) is 23.8 Å². The standard InChI is InChI=1S/C12H12ClF2N3O2/c1-7(18-5-9(19)12(14,15)6-18)11(20)17-10-3-2-8(13)4-16-10/h2-4,9,19H,1,5-6H2,(H,16,17,20)/t9-/m0/s1. The number of β-amino-alcohol motifs (C(OH)–C–C–N with tert-alkyl or cyclic N) is 1. The Bertz CT molecular complexity index is 536. The summed E-state index contributed by atoms with van der Waals surface area (Å²) in [5, 5.41) is 12.0. The van der Waals surface area contributed by atoms with Gasteiger partial charge in [-0.05, 0) is 12.1 Å². The van der Waals surface area contributed by atoms with Gasteiger partial charge in [0.1, 0.15) is 11.9 Å². The van der Waals surface area contributed by atoms with E-state index >= 15 is 0 Å². The summed E-state index contributed by atoms with van der Waals surface area (Å²) in [7, 11) is 0. The highest BCUT2D eigenvalue weighted by molar-refractivity contribution is 6.30. The number of carbonyl (C=O) groups excluding carboxylic acids is 1. The van der Waals surface area contributed by atoms with Gasteiger partial charge in [0.2, 0.25) is 0 Å². The van der Waals surface area contributed by atoms with E-state index in [2.05, 4.69) is 16.9 Å². The van der Waals surface area contributed by atoms with Gasteiger partial charge in [-0.25, -0.2) is 13.8 Å². The van der Waals surface area contributed by atoms with Gasteiger partial charge in [0.15, 0.2) is 0 Å². The lowest BCUT2D eigenvalue weighted by Crippen LogP contribution is -2.32. The molecule has 0 radical (unpaired) electrons. The van der Waals surface area contributed by atoms with Crippen LogP contribution in [0.5, 0.6) is 0 Å². The van der Waals surface area contributed by atoms with Crippen molar-refractivity contribution < 1.29 is 18.7 Å². The number of aliphatic hydroxyl groups is 1. The third-order valence-corrected chi connectivity index (χ3v) is 3.12. The minimum atomic E-state index is -3.25. The van der Waals surface area contributed by atoms with Gasteiger partial charge in [-0.15, -0.1) is 0 Å². The molecule has 0 unspecified atom stereocenters. The smallest absolute Gasteiger partial charge is 0.292 e. The number of rotatable bonds is 3. The van der Waals surface area contributed by atoms with Crippen LogP contribution in [0.2, 0.25) is 5.02 Å². The second kappa shape index (κ2) is 5.34. The molecule has 0 aliphatic carbocycles. The number of nitrogens with one attached hydrogen (secondary N) is 1. The molecule has 0 spiro atoms. The number of pyridine rings is 1. The molecule has 108 valence electrons. The van der Waals surface area contributed by atoms with Gasteiger partial charge in [-0.3, -0.25) is 4.79 Å². The summed E-state index contributed by atoms with van der Waals surface area (Å²) in [6, 6.07) is 3.00. The molecule has 1 aromatic rings. The fourth-order valence-corrected chi connectivity index (χ4v) is 1.87. The molecule has 2 heterocycles. The SMILES string of the molecule is C=C(C(=O)Nc1ccc(Cl)cn1)N1C[C@H](O)C(F)(F)C1. The van der Waals surface area contributed by atoms with Crippen LogP contribution in [-0.2, 0) is 4.79 Å². The lowest BCUT2D eigenvalue weighted by Gasteiger charge is -2.19. The van der Waals surface area contributed by atoms with Gasteiger partial charge >= 0.3 is 0 Å².